The van der Waals surface area contributed by atoms with Gasteiger partial charge in [0.1, 0.15) is 5.78 Å². The third kappa shape index (κ3) is 7.27. The van der Waals surface area contributed by atoms with Gasteiger partial charge in [-0.1, -0.05) is 37.8 Å². The normalized spacial score (nSPS) is 18.0. The van der Waals surface area contributed by atoms with Gasteiger partial charge in [-0.05, 0) is 37.0 Å². The van der Waals surface area contributed by atoms with Gasteiger partial charge >= 0.3 is 7.60 Å². The van der Waals surface area contributed by atoms with Crippen molar-refractivity contribution in [3.8, 4) is 0 Å². The Morgan fingerprint density at radius 3 is 2.36 bits per heavy atom. The van der Waals surface area contributed by atoms with Crippen molar-refractivity contribution < 1.29 is 37.0 Å². The molecule has 3 atom stereocenters. The van der Waals surface area contributed by atoms with Crippen LogP contribution in [0.15, 0.2) is 41.6 Å². The number of aliphatic hydroxyl groups excluding tert-OH is 1. The zero-order valence-electron chi connectivity index (χ0n) is 20.7. The monoisotopic (exact) mass is 540 g/mol. The number of ketones is 1. The Labute approximate surface area is 211 Å². The van der Waals surface area contributed by atoms with E-state index in [2.05, 4.69) is 19.5 Å². The van der Waals surface area contributed by atoms with Crippen molar-refractivity contribution in [2.75, 3.05) is 20.0 Å². The molecule has 1 N–H and O–H groups in total. The van der Waals surface area contributed by atoms with Crippen molar-refractivity contribution in [2.45, 2.75) is 62.1 Å². The molecule has 1 heterocycles. The maximum atomic E-state index is 13.4. The number of carbonyl (C=O) groups is 1. The van der Waals surface area contributed by atoms with E-state index >= 15 is 0 Å². The summed E-state index contributed by atoms with van der Waals surface area (Å²) in [6, 6.07) is 6.49. The Morgan fingerprint density at radius 2 is 1.83 bits per heavy atom. The molecular weight excluding hydrogens is 507 g/mol. The number of carbonyl (C=O) groups excluding carboxylic acids is 1. The fourth-order valence-corrected chi connectivity index (χ4v) is 6.37. The number of benzene rings is 1. The van der Waals surface area contributed by atoms with E-state index in [0.29, 0.717) is 18.0 Å². The van der Waals surface area contributed by atoms with Crippen LogP contribution < -0.4 is 0 Å². The molecule has 12 heteroatoms. The van der Waals surface area contributed by atoms with Crippen LogP contribution in [-0.2, 0) is 39.7 Å². The molecule has 10 nitrogen and oxygen atoms in total. The van der Waals surface area contributed by atoms with Crippen LogP contribution in [0.25, 0.3) is 0 Å². The van der Waals surface area contributed by atoms with Crippen molar-refractivity contribution in [3.63, 3.8) is 0 Å². The fraction of sp³-hybridized carbons (Fsp3) is 0.542. The lowest BCUT2D eigenvalue weighted by Gasteiger charge is -2.21. The Kier molecular flexibility index (Phi) is 9.91. The van der Waals surface area contributed by atoms with Crippen molar-refractivity contribution in [3.05, 3.63) is 53.6 Å². The first kappa shape index (κ1) is 28.6. The summed E-state index contributed by atoms with van der Waals surface area (Å²) in [7, 11) is -6.23. The number of sulfone groups is 1. The van der Waals surface area contributed by atoms with E-state index in [9.17, 15) is 22.9 Å². The molecule has 0 amide bonds. The van der Waals surface area contributed by atoms with Crippen LogP contribution in [0.5, 0.6) is 0 Å². The number of aromatic nitrogens is 2. The molecule has 0 spiro atoms. The quantitative estimate of drug-likeness (QED) is 0.224. The van der Waals surface area contributed by atoms with Gasteiger partial charge in [0.15, 0.2) is 9.84 Å². The van der Waals surface area contributed by atoms with Crippen LogP contribution in [0.2, 0.25) is 0 Å². The number of hydrogen-bond acceptors (Lipinski definition) is 10. The highest BCUT2D eigenvalue weighted by atomic mass is 32.2. The third-order valence-electron chi connectivity index (χ3n) is 6.28. The Hall–Kier alpha value is -2.01. The van der Waals surface area contributed by atoms with Crippen LogP contribution in [-0.4, -0.2) is 49.2 Å². The molecule has 2 unspecified atom stereocenters. The van der Waals surface area contributed by atoms with Crippen LogP contribution in [0.3, 0.4) is 0 Å². The van der Waals surface area contributed by atoms with Gasteiger partial charge < -0.3 is 9.63 Å². The van der Waals surface area contributed by atoms with Crippen LogP contribution in [0, 0.1) is 5.92 Å². The number of aliphatic hydroxyl groups is 1. The summed E-state index contributed by atoms with van der Waals surface area (Å²) in [6.07, 6.45) is 8.85. The van der Waals surface area contributed by atoms with Crippen molar-refractivity contribution in [2.24, 2.45) is 5.92 Å². The third-order valence-corrected chi connectivity index (χ3v) is 9.24. The maximum absolute atomic E-state index is 13.4. The summed E-state index contributed by atoms with van der Waals surface area (Å²) >= 11 is 0. The molecule has 198 valence electrons. The molecule has 0 aliphatic heterocycles. The van der Waals surface area contributed by atoms with E-state index in [1.807, 2.05) is 0 Å². The Bertz CT molecular complexity index is 1160. The number of Topliss-reactive ketones (excluding diaryl/α,β-unsaturated/α-hetero) is 1. The Morgan fingerprint density at radius 1 is 1.17 bits per heavy atom. The largest absolute Gasteiger partial charge is 0.391 e. The van der Waals surface area contributed by atoms with Gasteiger partial charge in [0.05, 0.1) is 42.6 Å². The lowest BCUT2D eigenvalue weighted by atomic mass is 9.83. The van der Waals surface area contributed by atoms with Crippen LogP contribution >= 0.6 is 7.60 Å². The van der Waals surface area contributed by atoms with E-state index in [0.717, 1.165) is 44.6 Å². The predicted molar refractivity (Wildman–Crippen MR) is 132 cm³/mol. The highest BCUT2D eigenvalue weighted by Crippen LogP contribution is 2.59. The highest BCUT2D eigenvalue weighted by molar-refractivity contribution is 7.90. The summed E-state index contributed by atoms with van der Waals surface area (Å²) < 4.78 is 46.1. The second-order valence-electron chi connectivity index (χ2n) is 8.93. The SMILES string of the molecule is CCOP(=O)(OOC)C(O)c1cnc(CC(=O)[C@H](CC2CCCC2)c2ccc(S(C)(=O)=O)cc2)cn1. The van der Waals surface area contributed by atoms with E-state index in [-0.39, 0.29) is 29.4 Å². The minimum absolute atomic E-state index is 0.00623. The average molecular weight is 541 g/mol. The molecule has 3 rings (SSSR count). The summed E-state index contributed by atoms with van der Waals surface area (Å²) in [5.41, 5.74) is 1.12. The van der Waals surface area contributed by atoms with Crippen LogP contribution in [0.1, 0.15) is 67.7 Å². The second kappa shape index (κ2) is 12.5. The van der Waals surface area contributed by atoms with Crippen molar-refractivity contribution >= 4 is 23.2 Å². The average Bonchev–Trinajstić information content (AvgIpc) is 3.36. The van der Waals surface area contributed by atoms with Gasteiger partial charge in [0.25, 0.3) is 0 Å². The minimum atomic E-state index is -4.04. The zero-order valence-corrected chi connectivity index (χ0v) is 22.4. The number of hydrogen-bond donors (Lipinski definition) is 1. The molecular formula is C24H33N2O8PS. The van der Waals surface area contributed by atoms with Crippen molar-refractivity contribution in [1.82, 2.24) is 9.97 Å². The molecule has 0 bridgehead atoms. The summed E-state index contributed by atoms with van der Waals surface area (Å²) in [5, 5.41) is 10.4. The first-order chi connectivity index (χ1) is 17.1. The molecule has 0 radical (unpaired) electrons. The first-order valence-corrected chi connectivity index (χ1v) is 15.4. The topological polar surface area (TPSA) is 142 Å². The summed E-state index contributed by atoms with van der Waals surface area (Å²) in [5.74, 6) is -1.73. The van der Waals surface area contributed by atoms with E-state index in [4.69, 9.17) is 4.52 Å². The molecule has 1 aromatic heterocycles. The molecule has 36 heavy (non-hydrogen) atoms. The maximum Gasteiger partial charge on any atom is 0.391 e. The molecule has 1 fully saturated rings. The molecule has 1 aromatic carbocycles. The van der Waals surface area contributed by atoms with Crippen LogP contribution in [0.4, 0.5) is 0 Å². The minimum Gasteiger partial charge on any atom is -0.375 e. The molecule has 0 saturated heterocycles. The van der Waals surface area contributed by atoms with Gasteiger partial charge in [0.2, 0.25) is 5.85 Å². The van der Waals surface area contributed by atoms with Crippen molar-refractivity contribution in [1.29, 1.82) is 0 Å². The number of rotatable bonds is 13. The van der Waals surface area contributed by atoms with Gasteiger partial charge in [-0.25, -0.2) is 13.3 Å². The molecule has 2 aromatic rings. The zero-order chi connectivity index (χ0) is 26.3. The Balaban J connectivity index is 1.78. The van der Waals surface area contributed by atoms with E-state index in [1.165, 1.54) is 24.5 Å². The van der Waals surface area contributed by atoms with Gasteiger partial charge in [-0.3, -0.25) is 19.3 Å². The number of nitrogens with zero attached hydrogens (tertiary/aromatic N) is 2. The molecule has 1 saturated carbocycles. The molecule has 1 aliphatic carbocycles. The van der Waals surface area contributed by atoms with E-state index < -0.39 is 29.2 Å². The fourth-order valence-electron chi connectivity index (χ4n) is 4.45. The lowest BCUT2D eigenvalue weighted by molar-refractivity contribution is -0.192. The standard InChI is InChI=1S/C24H33N2O8PS/c1-4-33-35(29,34-32-2)24(28)22-16-25-19(15-26-22)14-23(27)21(13-17-7-5-6-8-17)18-9-11-20(12-10-18)36(3,30)31/h9-12,15-17,21,24,28H,4-8,13-14H2,1-3H3/t21-,24?,35?/m1/s1. The van der Waals surface area contributed by atoms with Gasteiger partial charge in [-0.15, -0.1) is 4.67 Å². The summed E-state index contributed by atoms with van der Waals surface area (Å²) in [4.78, 5) is 26.4. The van der Waals surface area contributed by atoms with Gasteiger partial charge in [-0.2, -0.15) is 0 Å². The second-order valence-corrected chi connectivity index (χ2v) is 12.9. The van der Waals surface area contributed by atoms with E-state index in [1.54, 1.807) is 19.1 Å². The van der Waals surface area contributed by atoms with Gasteiger partial charge in [0, 0.05) is 18.4 Å². The first-order valence-electron chi connectivity index (χ1n) is 11.9. The summed E-state index contributed by atoms with van der Waals surface area (Å²) in [6.45, 7) is 1.61. The predicted octanol–water partition coefficient (Wildman–Crippen LogP) is 4.15. The lowest BCUT2D eigenvalue weighted by Crippen LogP contribution is -2.19. The molecule has 1 aliphatic rings. The highest BCUT2D eigenvalue weighted by Gasteiger charge is 2.38. The smallest absolute Gasteiger partial charge is 0.375 e.